The molecule has 2 heterocycles. The van der Waals surface area contributed by atoms with Crippen molar-refractivity contribution in [2.75, 3.05) is 26.7 Å². The highest BCUT2D eigenvalue weighted by atomic mass is 19.4. The smallest absolute Gasteiger partial charge is 0.406 e. The van der Waals surface area contributed by atoms with E-state index in [0.717, 1.165) is 29.8 Å². The number of amides is 1. The van der Waals surface area contributed by atoms with Crippen LogP contribution in [0.25, 0.3) is 11.1 Å². The first-order valence-corrected chi connectivity index (χ1v) is 8.77. The fourth-order valence-corrected chi connectivity index (χ4v) is 4.07. The molecule has 0 aromatic heterocycles. The number of alkyl halides is 3. The maximum atomic E-state index is 12.5. The van der Waals surface area contributed by atoms with E-state index in [1.165, 1.54) is 12.1 Å². The van der Waals surface area contributed by atoms with Gasteiger partial charge >= 0.3 is 6.36 Å². The number of ether oxygens (including phenoxy) is 1. The van der Waals surface area contributed by atoms with Gasteiger partial charge in [0.15, 0.2) is 0 Å². The zero-order valence-electron chi connectivity index (χ0n) is 14.7. The van der Waals surface area contributed by atoms with Crippen molar-refractivity contribution in [2.24, 2.45) is 5.92 Å². The molecule has 7 heteroatoms. The Kier molecular flexibility index (Phi) is 4.34. The molecule has 4 rings (SSSR count). The Labute approximate surface area is 154 Å². The van der Waals surface area contributed by atoms with Gasteiger partial charge in [0.2, 0.25) is 0 Å². The van der Waals surface area contributed by atoms with Gasteiger partial charge in [-0.1, -0.05) is 24.3 Å². The lowest BCUT2D eigenvalue weighted by Crippen LogP contribution is -2.29. The van der Waals surface area contributed by atoms with Gasteiger partial charge in [-0.3, -0.25) is 4.79 Å². The molecule has 1 N–H and O–H groups in total. The SMILES string of the molecule is CN1C[C@@H]2CNC(=O)c3cc(-c4ccc(OC(F)(F)F)cc4)ccc3[C@H]2C1. The van der Waals surface area contributed by atoms with Crippen LogP contribution >= 0.6 is 0 Å². The molecule has 27 heavy (non-hydrogen) atoms. The van der Waals surface area contributed by atoms with Gasteiger partial charge in [0.05, 0.1) is 0 Å². The molecule has 2 aromatic carbocycles. The van der Waals surface area contributed by atoms with Gasteiger partial charge in [-0.05, 0) is 47.9 Å². The summed E-state index contributed by atoms with van der Waals surface area (Å²) in [6.07, 6.45) is -4.71. The van der Waals surface area contributed by atoms with Gasteiger partial charge in [-0.15, -0.1) is 13.2 Å². The average molecular weight is 376 g/mol. The topological polar surface area (TPSA) is 41.6 Å². The average Bonchev–Trinajstić information content (AvgIpc) is 2.93. The minimum atomic E-state index is -4.71. The molecule has 0 unspecified atom stereocenters. The molecule has 1 amide bonds. The summed E-state index contributed by atoms with van der Waals surface area (Å²) in [7, 11) is 2.08. The van der Waals surface area contributed by atoms with Crippen LogP contribution in [0, 0.1) is 5.92 Å². The molecule has 2 aliphatic rings. The van der Waals surface area contributed by atoms with E-state index in [1.54, 1.807) is 12.1 Å². The lowest BCUT2D eigenvalue weighted by Gasteiger charge is -2.17. The number of halogens is 3. The molecule has 0 aliphatic carbocycles. The van der Waals surface area contributed by atoms with Crippen molar-refractivity contribution in [3.05, 3.63) is 53.6 Å². The van der Waals surface area contributed by atoms with E-state index in [4.69, 9.17) is 0 Å². The summed E-state index contributed by atoms with van der Waals surface area (Å²) in [5.74, 6) is 0.335. The van der Waals surface area contributed by atoms with Gasteiger partial charge in [0.25, 0.3) is 5.91 Å². The monoisotopic (exact) mass is 376 g/mol. The molecule has 0 saturated carbocycles. The summed E-state index contributed by atoms with van der Waals surface area (Å²) in [6, 6.07) is 11.4. The zero-order valence-corrected chi connectivity index (χ0v) is 14.7. The molecule has 1 fully saturated rings. The number of carbonyl (C=O) groups excluding carboxylic acids is 1. The standard InChI is InChI=1S/C20H19F3N2O2/c1-25-10-14-9-24-19(26)17-8-13(4-7-16(17)18(14)11-25)12-2-5-15(6-3-12)27-20(21,22)23/h2-8,14,18H,9-11H2,1H3,(H,24,26)/t14-,18-/m0/s1. The number of carbonyl (C=O) groups is 1. The molecule has 0 spiro atoms. The van der Waals surface area contributed by atoms with Gasteiger partial charge in [-0.25, -0.2) is 0 Å². The summed E-state index contributed by atoms with van der Waals surface area (Å²) >= 11 is 0. The molecule has 2 atom stereocenters. The van der Waals surface area contributed by atoms with Gasteiger partial charge < -0.3 is 15.0 Å². The van der Waals surface area contributed by atoms with Crippen molar-refractivity contribution in [3.8, 4) is 16.9 Å². The number of nitrogens with zero attached hydrogens (tertiary/aromatic N) is 1. The van der Waals surface area contributed by atoms with Crippen LogP contribution in [0.15, 0.2) is 42.5 Å². The fraction of sp³-hybridized carbons (Fsp3) is 0.350. The summed E-state index contributed by atoms with van der Waals surface area (Å²) in [5.41, 5.74) is 3.20. The number of rotatable bonds is 2. The fourth-order valence-electron chi connectivity index (χ4n) is 4.07. The van der Waals surface area contributed by atoms with Crippen molar-refractivity contribution < 1.29 is 22.7 Å². The van der Waals surface area contributed by atoms with E-state index >= 15 is 0 Å². The lowest BCUT2D eigenvalue weighted by molar-refractivity contribution is -0.274. The number of hydrogen-bond acceptors (Lipinski definition) is 3. The van der Waals surface area contributed by atoms with E-state index in [-0.39, 0.29) is 11.7 Å². The molecule has 2 aliphatic heterocycles. The van der Waals surface area contributed by atoms with Crippen LogP contribution in [0.3, 0.4) is 0 Å². The van der Waals surface area contributed by atoms with E-state index in [0.29, 0.717) is 23.9 Å². The molecular formula is C20H19F3N2O2. The second kappa shape index (κ2) is 6.56. The van der Waals surface area contributed by atoms with Gasteiger partial charge in [0, 0.05) is 31.1 Å². The number of likely N-dealkylation sites (N-methyl/N-ethyl adjacent to an activating group) is 1. The summed E-state index contributed by atoms with van der Waals surface area (Å²) in [4.78, 5) is 14.8. The lowest BCUT2D eigenvalue weighted by atomic mass is 9.86. The van der Waals surface area contributed by atoms with Crippen LogP contribution in [0.1, 0.15) is 21.8 Å². The molecular weight excluding hydrogens is 357 g/mol. The Morgan fingerprint density at radius 2 is 1.78 bits per heavy atom. The first-order valence-electron chi connectivity index (χ1n) is 8.77. The second-order valence-corrected chi connectivity index (χ2v) is 7.17. The molecule has 4 nitrogen and oxygen atoms in total. The highest BCUT2D eigenvalue weighted by molar-refractivity contribution is 5.97. The Bertz CT molecular complexity index is 865. The molecule has 2 aromatic rings. The van der Waals surface area contributed by atoms with Crippen molar-refractivity contribution in [2.45, 2.75) is 12.3 Å². The second-order valence-electron chi connectivity index (χ2n) is 7.17. The third kappa shape index (κ3) is 3.64. The van der Waals surface area contributed by atoms with Gasteiger partial charge in [0.1, 0.15) is 5.75 Å². The van der Waals surface area contributed by atoms with E-state index < -0.39 is 6.36 Å². The summed E-state index contributed by atoms with van der Waals surface area (Å²) in [5, 5.41) is 3.00. The first kappa shape index (κ1) is 17.9. The molecule has 142 valence electrons. The molecule has 0 bridgehead atoms. The normalized spacial score (nSPS) is 22.6. The maximum absolute atomic E-state index is 12.5. The predicted molar refractivity (Wildman–Crippen MR) is 94.6 cm³/mol. The Morgan fingerprint density at radius 3 is 2.48 bits per heavy atom. The largest absolute Gasteiger partial charge is 0.573 e. The summed E-state index contributed by atoms with van der Waals surface area (Å²) < 4.78 is 40.8. The van der Waals surface area contributed by atoms with Crippen molar-refractivity contribution >= 4 is 5.91 Å². The minimum absolute atomic E-state index is 0.0964. The Hall–Kier alpha value is -2.54. The Morgan fingerprint density at radius 1 is 1.07 bits per heavy atom. The highest BCUT2D eigenvalue weighted by Crippen LogP contribution is 2.37. The van der Waals surface area contributed by atoms with Crippen LogP contribution in [-0.2, 0) is 0 Å². The maximum Gasteiger partial charge on any atom is 0.573 e. The van der Waals surface area contributed by atoms with Crippen LogP contribution < -0.4 is 10.1 Å². The van der Waals surface area contributed by atoms with Crippen LogP contribution in [0.4, 0.5) is 13.2 Å². The van der Waals surface area contributed by atoms with Gasteiger partial charge in [-0.2, -0.15) is 0 Å². The van der Waals surface area contributed by atoms with Crippen LogP contribution in [-0.4, -0.2) is 43.9 Å². The number of likely N-dealkylation sites (tertiary alicyclic amines) is 1. The third-order valence-electron chi connectivity index (χ3n) is 5.27. The first-order chi connectivity index (χ1) is 12.8. The van der Waals surface area contributed by atoms with Crippen LogP contribution in [0.2, 0.25) is 0 Å². The zero-order chi connectivity index (χ0) is 19.2. The Balaban J connectivity index is 1.65. The van der Waals surface area contributed by atoms with Crippen molar-refractivity contribution in [1.82, 2.24) is 10.2 Å². The quantitative estimate of drug-likeness (QED) is 0.870. The van der Waals surface area contributed by atoms with Crippen LogP contribution in [0.5, 0.6) is 5.75 Å². The van der Waals surface area contributed by atoms with E-state index in [1.807, 2.05) is 18.2 Å². The minimum Gasteiger partial charge on any atom is -0.406 e. The number of benzene rings is 2. The van der Waals surface area contributed by atoms with E-state index in [9.17, 15) is 18.0 Å². The summed E-state index contributed by atoms with van der Waals surface area (Å²) in [6.45, 7) is 2.52. The number of nitrogens with one attached hydrogen (secondary N) is 1. The molecule has 1 saturated heterocycles. The number of fused-ring (bicyclic) bond motifs is 3. The highest BCUT2D eigenvalue weighted by Gasteiger charge is 2.36. The predicted octanol–water partition coefficient (Wildman–Crippen LogP) is 3.64. The van der Waals surface area contributed by atoms with Crippen molar-refractivity contribution in [3.63, 3.8) is 0 Å². The third-order valence-corrected chi connectivity index (χ3v) is 5.27. The van der Waals surface area contributed by atoms with E-state index in [2.05, 4.69) is 22.0 Å². The molecule has 0 radical (unpaired) electrons. The number of hydrogen-bond donors (Lipinski definition) is 1. The van der Waals surface area contributed by atoms with Crippen molar-refractivity contribution in [1.29, 1.82) is 0 Å².